The van der Waals surface area contributed by atoms with Crippen molar-refractivity contribution in [3.8, 4) is 0 Å². The van der Waals surface area contributed by atoms with Gasteiger partial charge in [-0.3, -0.25) is 14.6 Å². The first-order valence-electron chi connectivity index (χ1n) is 8.68. The van der Waals surface area contributed by atoms with Gasteiger partial charge in [0.2, 0.25) is 11.9 Å². The number of hydrogen-bond acceptors (Lipinski definition) is 6. The van der Waals surface area contributed by atoms with Gasteiger partial charge in [0.1, 0.15) is 6.04 Å². The molecule has 2 atom stereocenters. The summed E-state index contributed by atoms with van der Waals surface area (Å²) in [7, 11) is 1.65. The third-order valence-corrected chi connectivity index (χ3v) is 4.84. The number of aliphatic imine (C=N–C) groups is 1. The maximum Gasteiger partial charge on any atom is 0.416 e. The van der Waals surface area contributed by atoms with E-state index in [9.17, 15) is 9.59 Å². The molecule has 136 valence electrons. The lowest BCUT2D eigenvalue weighted by Gasteiger charge is -2.35. The van der Waals surface area contributed by atoms with Crippen LogP contribution in [-0.2, 0) is 4.79 Å². The number of fused-ring (bicyclic) bond motifs is 2. The molecule has 1 N–H and O–H groups in total. The fourth-order valence-corrected chi connectivity index (χ4v) is 3.38. The normalized spacial score (nSPS) is 26.0. The van der Waals surface area contributed by atoms with Crippen molar-refractivity contribution < 1.29 is 19.3 Å². The Labute approximate surface area is 146 Å². The van der Waals surface area contributed by atoms with Crippen LogP contribution in [0.5, 0.6) is 0 Å². The van der Waals surface area contributed by atoms with Crippen molar-refractivity contribution in [3.63, 3.8) is 0 Å². The van der Waals surface area contributed by atoms with Gasteiger partial charge in [-0.1, -0.05) is 11.9 Å². The molecule has 1 saturated heterocycles. The molecule has 0 aromatic rings. The Balaban J connectivity index is 2.03. The molecule has 0 bridgehead atoms. The molecule has 0 spiro atoms. The molecule has 2 unspecified atom stereocenters. The van der Waals surface area contributed by atoms with E-state index in [1.165, 1.54) is 9.80 Å². The van der Waals surface area contributed by atoms with Crippen molar-refractivity contribution in [2.75, 3.05) is 26.7 Å². The zero-order valence-electron chi connectivity index (χ0n) is 15.1. The molecular formula is C16H25N6O3+. The Bertz CT molecular complexity index is 698. The van der Waals surface area contributed by atoms with E-state index in [-0.39, 0.29) is 24.6 Å². The van der Waals surface area contributed by atoms with E-state index < -0.39 is 6.04 Å². The van der Waals surface area contributed by atoms with Crippen LogP contribution >= 0.6 is 0 Å². The van der Waals surface area contributed by atoms with E-state index in [1.807, 2.05) is 25.3 Å². The third kappa shape index (κ3) is 2.62. The number of rotatable bonds is 5. The molecule has 0 saturated carbocycles. The lowest BCUT2D eigenvalue weighted by atomic mass is 10.1. The number of nitrogens with zero attached hydrogens (tertiary/aromatic N) is 6. The van der Waals surface area contributed by atoms with Crippen LogP contribution in [0.4, 0.5) is 4.79 Å². The Kier molecular flexibility index (Phi) is 4.59. The summed E-state index contributed by atoms with van der Waals surface area (Å²) in [5.41, 5.74) is 0.868. The molecule has 0 aromatic carbocycles. The number of imide groups is 1. The second kappa shape index (κ2) is 6.55. The highest BCUT2D eigenvalue weighted by molar-refractivity contribution is 6.23. The number of hydrogen-bond donors (Lipinski definition) is 1. The summed E-state index contributed by atoms with van der Waals surface area (Å²) in [5.74, 6) is 0.781. The topological polar surface area (TPSA) is 91.8 Å². The lowest BCUT2D eigenvalue weighted by molar-refractivity contribution is -0.559. The number of aliphatic hydroxyl groups excluding tert-OH is 1. The Morgan fingerprint density at radius 3 is 2.64 bits per heavy atom. The van der Waals surface area contributed by atoms with Gasteiger partial charge in [-0.25, -0.2) is 9.37 Å². The first-order valence-corrected chi connectivity index (χ1v) is 8.68. The van der Waals surface area contributed by atoms with Crippen molar-refractivity contribution >= 4 is 29.4 Å². The quantitative estimate of drug-likeness (QED) is 0.702. The summed E-state index contributed by atoms with van der Waals surface area (Å²) in [4.78, 5) is 32.9. The van der Waals surface area contributed by atoms with E-state index in [2.05, 4.69) is 10.1 Å². The molecule has 3 aliphatic rings. The first-order chi connectivity index (χ1) is 11.9. The highest BCUT2D eigenvalue weighted by atomic mass is 16.3. The van der Waals surface area contributed by atoms with Crippen LogP contribution in [0.2, 0.25) is 0 Å². The van der Waals surface area contributed by atoms with E-state index in [0.29, 0.717) is 37.7 Å². The SMILES string of the molecule is CCCN1C(=O)C2C(=NC3=[N+]2C(C)C(C)=NN3CCCO)N(C)C1=O. The van der Waals surface area contributed by atoms with E-state index in [1.54, 1.807) is 12.1 Å². The van der Waals surface area contributed by atoms with Gasteiger partial charge in [0.05, 0.1) is 12.3 Å². The molecule has 0 aromatic heterocycles. The fraction of sp³-hybridized carbons (Fsp3) is 0.688. The van der Waals surface area contributed by atoms with Gasteiger partial charge < -0.3 is 5.11 Å². The van der Waals surface area contributed by atoms with Crippen LogP contribution < -0.4 is 0 Å². The zero-order chi connectivity index (χ0) is 18.3. The van der Waals surface area contributed by atoms with Crippen LogP contribution in [0.1, 0.15) is 33.6 Å². The van der Waals surface area contributed by atoms with Gasteiger partial charge in [0.25, 0.3) is 5.91 Å². The van der Waals surface area contributed by atoms with Gasteiger partial charge in [0, 0.05) is 26.6 Å². The lowest BCUT2D eigenvalue weighted by Crippen LogP contribution is -2.64. The Hall–Kier alpha value is -2.29. The van der Waals surface area contributed by atoms with Gasteiger partial charge in [-0.2, -0.15) is 0 Å². The van der Waals surface area contributed by atoms with Crippen LogP contribution in [0, 0.1) is 0 Å². The van der Waals surface area contributed by atoms with Crippen LogP contribution in [-0.4, -0.2) is 92.8 Å². The first kappa shape index (κ1) is 17.5. The summed E-state index contributed by atoms with van der Waals surface area (Å²) in [6.45, 7) is 6.78. The number of aliphatic hydroxyl groups is 1. The van der Waals surface area contributed by atoms with Gasteiger partial charge in [-0.15, -0.1) is 10.1 Å². The summed E-state index contributed by atoms with van der Waals surface area (Å²) in [6.07, 6.45) is 1.25. The second-order valence-electron chi connectivity index (χ2n) is 6.53. The maximum atomic E-state index is 13.0. The van der Waals surface area contributed by atoms with Crippen LogP contribution in [0.25, 0.3) is 0 Å². The maximum absolute atomic E-state index is 13.0. The molecule has 25 heavy (non-hydrogen) atoms. The number of carbonyl (C=O) groups excluding carboxylic acids is 2. The minimum atomic E-state index is -0.610. The highest BCUT2D eigenvalue weighted by Gasteiger charge is 2.55. The summed E-state index contributed by atoms with van der Waals surface area (Å²) >= 11 is 0. The third-order valence-electron chi connectivity index (χ3n) is 4.84. The van der Waals surface area contributed by atoms with Crippen molar-refractivity contribution in [3.05, 3.63) is 0 Å². The van der Waals surface area contributed by atoms with E-state index in [4.69, 9.17) is 5.11 Å². The van der Waals surface area contributed by atoms with Crippen molar-refractivity contribution in [2.45, 2.75) is 45.7 Å². The predicted octanol–water partition coefficient (Wildman–Crippen LogP) is -0.0980. The second-order valence-corrected chi connectivity index (χ2v) is 6.53. The molecule has 3 heterocycles. The monoisotopic (exact) mass is 349 g/mol. The Morgan fingerprint density at radius 2 is 2.00 bits per heavy atom. The summed E-state index contributed by atoms with van der Waals surface area (Å²) in [5, 5.41) is 15.4. The molecule has 3 amide bonds. The number of amidine groups is 1. The average molecular weight is 349 g/mol. The van der Waals surface area contributed by atoms with Gasteiger partial charge in [0.15, 0.2) is 0 Å². The van der Waals surface area contributed by atoms with Gasteiger partial charge in [-0.05, 0) is 20.3 Å². The summed E-state index contributed by atoms with van der Waals surface area (Å²) in [6, 6.07) is -1.04. The number of amides is 3. The number of likely N-dealkylation sites (N-methyl/N-ethyl adjacent to an activating group) is 1. The average Bonchev–Trinajstić information content (AvgIpc) is 3.00. The largest absolute Gasteiger partial charge is 0.416 e. The molecule has 3 rings (SSSR count). The Morgan fingerprint density at radius 1 is 1.28 bits per heavy atom. The predicted molar refractivity (Wildman–Crippen MR) is 92.6 cm³/mol. The van der Waals surface area contributed by atoms with Crippen molar-refractivity contribution in [1.82, 2.24) is 14.8 Å². The smallest absolute Gasteiger partial charge is 0.396 e. The fourth-order valence-electron chi connectivity index (χ4n) is 3.38. The number of guanidine groups is 1. The number of urea groups is 1. The minimum Gasteiger partial charge on any atom is -0.396 e. The molecular weight excluding hydrogens is 324 g/mol. The number of carbonyl (C=O) groups is 2. The van der Waals surface area contributed by atoms with Crippen molar-refractivity contribution in [1.29, 1.82) is 0 Å². The van der Waals surface area contributed by atoms with Crippen LogP contribution in [0.15, 0.2) is 10.1 Å². The molecule has 0 radical (unpaired) electrons. The van der Waals surface area contributed by atoms with Crippen molar-refractivity contribution in [2.24, 2.45) is 10.1 Å². The number of hydrazone groups is 1. The van der Waals surface area contributed by atoms with E-state index >= 15 is 0 Å². The molecule has 9 nitrogen and oxygen atoms in total. The summed E-state index contributed by atoms with van der Waals surface area (Å²) < 4.78 is 1.93. The van der Waals surface area contributed by atoms with E-state index in [0.717, 1.165) is 5.71 Å². The molecule has 1 fully saturated rings. The molecule has 9 heteroatoms. The highest BCUT2D eigenvalue weighted by Crippen LogP contribution is 2.25. The standard InChI is InChI=1S/C16H25N6O3/c1-5-7-20-14(24)12-13(19(4)16(20)25)17-15-21(8-6-9-23)18-10(2)11(3)22(12)15/h11-12,23H,5-9H2,1-4H3/q+1. The minimum absolute atomic E-state index is 0.0511. The van der Waals surface area contributed by atoms with Crippen LogP contribution in [0.3, 0.4) is 0 Å². The molecule has 0 aliphatic carbocycles. The zero-order valence-corrected chi connectivity index (χ0v) is 15.1. The molecule has 3 aliphatic heterocycles. The van der Waals surface area contributed by atoms with Gasteiger partial charge >= 0.3 is 12.0 Å².